The van der Waals surface area contributed by atoms with Gasteiger partial charge in [0.25, 0.3) is 5.82 Å². The highest BCUT2D eigenvalue weighted by Crippen LogP contribution is 2.61. The minimum Gasteiger partial charge on any atom is -0.354 e. The Balaban J connectivity index is 1.12. The van der Waals surface area contributed by atoms with E-state index in [4.69, 9.17) is 0 Å². The van der Waals surface area contributed by atoms with Gasteiger partial charge in [-0.1, -0.05) is 31.4 Å². The maximum atomic E-state index is 12.9. The summed E-state index contributed by atoms with van der Waals surface area (Å²) in [6.07, 6.45) is 10.8. The molecule has 1 saturated heterocycles. The quantitative estimate of drug-likeness (QED) is 0.769. The molecule has 3 aliphatic rings. The number of para-hydroxylation sites is 2. The second kappa shape index (κ2) is 8.05. The number of hydrogen-bond donors (Lipinski definition) is 2. The number of likely N-dealkylation sites (tertiary alicyclic amines) is 1. The Labute approximate surface area is 177 Å². The van der Waals surface area contributed by atoms with E-state index in [9.17, 15) is 9.59 Å². The molecule has 160 valence electrons. The topological polar surface area (TPSA) is 79.3 Å². The number of H-pyrrole nitrogens is 2. The van der Waals surface area contributed by atoms with Crippen molar-refractivity contribution in [3.8, 4) is 0 Å². The van der Waals surface area contributed by atoms with Gasteiger partial charge in [0, 0.05) is 19.5 Å². The molecule has 1 aromatic carbocycles. The average Bonchev–Trinajstić information content (AvgIpc) is 3.15. The predicted molar refractivity (Wildman–Crippen MR) is 115 cm³/mol. The molecule has 2 aromatic rings. The lowest BCUT2D eigenvalue weighted by molar-refractivity contribution is -0.357. The summed E-state index contributed by atoms with van der Waals surface area (Å²) in [5.74, 6) is 1.74. The fourth-order valence-corrected chi connectivity index (χ4v) is 5.83. The Hall–Kier alpha value is -2.37. The predicted octanol–water partition coefficient (Wildman–Crippen LogP) is 2.99. The third-order valence-corrected chi connectivity index (χ3v) is 7.69. The van der Waals surface area contributed by atoms with Crippen molar-refractivity contribution in [3.63, 3.8) is 0 Å². The molecule has 2 atom stereocenters. The smallest absolute Gasteiger partial charge is 0.253 e. The zero-order valence-electron chi connectivity index (χ0n) is 17.7. The molecule has 2 heterocycles. The first-order chi connectivity index (χ1) is 14.6. The summed E-state index contributed by atoms with van der Waals surface area (Å²) in [5, 5.41) is 3.19. The highest BCUT2D eigenvalue weighted by Gasteiger charge is 2.53. The van der Waals surface area contributed by atoms with Crippen molar-refractivity contribution in [1.82, 2.24) is 15.2 Å². The molecule has 0 radical (unpaired) electrons. The molecular weight excluding hydrogens is 376 g/mol. The van der Waals surface area contributed by atoms with Crippen molar-refractivity contribution >= 4 is 22.8 Å². The number of aromatic nitrogens is 2. The van der Waals surface area contributed by atoms with E-state index in [0.717, 1.165) is 36.2 Å². The van der Waals surface area contributed by atoms with Crippen LogP contribution in [0.1, 0.15) is 63.6 Å². The fourth-order valence-electron chi connectivity index (χ4n) is 5.83. The number of carbonyl (C=O) groups excluding carboxylic acids is 2. The molecule has 2 amide bonds. The maximum absolute atomic E-state index is 12.9. The average molecular weight is 410 g/mol. The van der Waals surface area contributed by atoms with E-state index in [2.05, 4.69) is 15.3 Å². The molecule has 3 N–H and O–H groups in total. The van der Waals surface area contributed by atoms with Gasteiger partial charge in [-0.3, -0.25) is 9.59 Å². The van der Waals surface area contributed by atoms with Crippen LogP contribution in [0.2, 0.25) is 0 Å². The van der Waals surface area contributed by atoms with Gasteiger partial charge < -0.3 is 10.2 Å². The van der Waals surface area contributed by atoms with Crippen LogP contribution in [0.5, 0.6) is 0 Å². The standard InChI is InChI=1S/C24H32N4O2/c29-22(11-10-21-26-18-7-2-3-8-19(18)27-21)28-14-6-9-20(28)23(30)25-16-17-15-24(17)12-4-1-5-13-24/h2-3,7-8,17,20H,1,4-6,9-16H2,(H,25,30)(H,26,27)/p+1/t17?,20-/m0/s1. The van der Waals surface area contributed by atoms with Crippen LogP contribution in [0.4, 0.5) is 0 Å². The summed E-state index contributed by atoms with van der Waals surface area (Å²) in [7, 11) is 0. The van der Waals surface area contributed by atoms with Gasteiger partial charge in [0.2, 0.25) is 11.8 Å². The van der Waals surface area contributed by atoms with E-state index >= 15 is 0 Å². The molecule has 30 heavy (non-hydrogen) atoms. The summed E-state index contributed by atoms with van der Waals surface area (Å²) < 4.78 is 0. The molecular formula is C24H33N4O2+. The number of rotatable bonds is 6. The van der Waals surface area contributed by atoms with Crippen LogP contribution in [0.15, 0.2) is 24.3 Å². The van der Waals surface area contributed by atoms with Crippen molar-refractivity contribution in [3.05, 3.63) is 30.1 Å². The Kier molecular flexibility index (Phi) is 5.25. The van der Waals surface area contributed by atoms with Crippen LogP contribution in [0, 0.1) is 11.3 Å². The first kappa shape index (κ1) is 19.6. The van der Waals surface area contributed by atoms with Gasteiger partial charge in [0.15, 0.2) is 11.0 Å². The van der Waals surface area contributed by atoms with Crippen molar-refractivity contribution in [2.45, 2.75) is 70.3 Å². The van der Waals surface area contributed by atoms with Crippen LogP contribution in [-0.2, 0) is 16.0 Å². The Morgan fingerprint density at radius 1 is 1.17 bits per heavy atom. The van der Waals surface area contributed by atoms with Gasteiger partial charge in [0.1, 0.15) is 6.04 Å². The van der Waals surface area contributed by atoms with Crippen molar-refractivity contribution < 1.29 is 14.6 Å². The number of nitrogens with zero attached hydrogens (tertiary/aromatic N) is 1. The van der Waals surface area contributed by atoms with E-state index < -0.39 is 0 Å². The van der Waals surface area contributed by atoms with Crippen LogP contribution in [0.3, 0.4) is 0 Å². The van der Waals surface area contributed by atoms with E-state index in [1.165, 1.54) is 38.5 Å². The van der Waals surface area contributed by atoms with Crippen molar-refractivity contribution in [2.75, 3.05) is 13.1 Å². The molecule has 1 aromatic heterocycles. The molecule has 6 heteroatoms. The minimum absolute atomic E-state index is 0.0517. The Morgan fingerprint density at radius 3 is 2.83 bits per heavy atom. The first-order valence-electron chi connectivity index (χ1n) is 11.7. The van der Waals surface area contributed by atoms with E-state index in [1.807, 2.05) is 24.3 Å². The normalized spacial score (nSPS) is 25.0. The van der Waals surface area contributed by atoms with Crippen molar-refractivity contribution in [1.29, 1.82) is 0 Å². The van der Waals surface area contributed by atoms with Crippen molar-refractivity contribution in [2.24, 2.45) is 11.3 Å². The van der Waals surface area contributed by atoms with Crippen LogP contribution < -0.4 is 10.3 Å². The summed E-state index contributed by atoms with van der Waals surface area (Å²) in [6.45, 7) is 1.49. The molecule has 6 nitrogen and oxygen atoms in total. The number of fused-ring (bicyclic) bond motifs is 1. The monoisotopic (exact) mass is 409 g/mol. The SMILES string of the molecule is O=C(NCC1CC12CCCCC2)[C@@H]1CCCN1C(=O)CCc1[nH]c2ccccc2[nH+]1. The minimum atomic E-state index is -0.287. The third-order valence-electron chi connectivity index (χ3n) is 7.69. The lowest BCUT2D eigenvalue weighted by Crippen LogP contribution is -2.46. The zero-order chi connectivity index (χ0) is 20.6. The summed E-state index contributed by atoms with van der Waals surface area (Å²) in [6, 6.07) is 7.75. The molecule has 1 spiro atoms. The third kappa shape index (κ3) is 3.84. The lowest BCUT2D eigenvalue weighted by atomic mass is 9.84. The summed E-state index contributed by atoms with van der Waals surface area (Å²) in [4.78, 5) is 34.2. The van der Waals surface area contributed by atoms with Crippen LogP contribution in [0.25, 0.3) is 11.0 Å². The fraction of sp³-hybridized carbons (Fsp3) is 0.625. The number of aromatic amines is 2. The number of benzene rings is 1. The molecule has 1 unspecified atom stereocenters. The Morgan fingerprint density at radius 2 is 2.00 bits per heavy atom. The van der Waals surface area contributed by atoms with Crippen LogP contribution in [-0.4, -0.2) is 40.8 Å². The highest BCUT2D eigenvalue weighted by molar-refractivity contribution is 5.88. The van der Waals surface area contributed by atoms with E-state index in [1.54, 1.807) is 4.90 Å². The second-order valence-electron chi connectivity index (χ2n) is 9.59. The molecule has 2 aliphatic carbocycles. The van der Waals surface area contributed by atoms with Gasteiger partial charge in [-0.05, 0) is 55.6 Å². The first-order valence-corrected chi connectivity index (χ1v) is 11.7. The molecule has 0 bridgehead atoms. The number of nitrogens with one attached hydrogen (secondary N) is 3. The lowest BCUT2D eigenvalue weighted by Gasteiger charge is -2.25. The van der Waals surface area contributed by atoms with Gasteiger partial charge in [-0.15, -0.1) is 0 Å². The van der Waals surface area contributed by atoms with Crippen LogP contribution >= 0.6 is 0 Å². The van der Waals surface area contributed by atoms with E-state index in [0.29, 0.717) is 30.7 Å². The van der Waals surface area contributed by atoms with Gasteiger partial charge in [-0.25, -0.2) is 9.97 Å². The number of aryl methyl sites for hydroxylation is 1. The number of amides is 2. The van der Waals surface area contributed by atoms with Gasteiger partial charge in [0.05, 0.1) is 6.42 Å². The number of carbonyl (C=O) groups is 2. The van der Waals surface area contributed by atoms with Gasteiger partial charge >= 0.3 is 0 Å². The van der Waals surface area contributed by atoms with Gasteiger partial charge in [-0.2, -0.15) is 0 Å². The van der Waals surface area contributed by atoms with E-state index in [-0.39, 0.29) is 17.9 Å². The second-order valence-corrected chi connectivity index (χ2v) is 9.59. The number of hydrogen-bond acceptors (Lipinski definition) is 2. The molecule has 1 aliphatic heterocycles. The zero-order valence-corrected chi connectivity index (χ0v) is 17.7. The molecule has 2 saturated carbocycles. The maximum Gasteiger partial charge on any atom is 0.253 e. The molecule has 5 rings (SSSR count). The summed E-state index contributed by atoms with van der Waals surface area (Å²) >= 11 is 0. The Bertz CT molecular complexity index is 897. The number of imidazole rings is 1. The molecule has 3 fully saturated rings. The largest absolute Gasteiger partial charge is 0.354 e. The highest BCUT2D eigenvalue weighted by atomic mass is 16.2. The summed E-state index contributed by atoms with van der Waals surface area (Å²) in [5.41, 5.74) is 2.63.